The first kappa shape index (κ1) is 14.3. The van der Waals surface area contributed by atoms with Gasteiger partial charge in [-0.05, 0) is 12.8 Å². The van der Waals surface area contributed by atoms with E-state index in [0.717, 1.165) is 45.3 Å². The molecule has 18 heavy (non-hydrogen) atoms. The van der Waals surface area contributed by atoms with E-state index in [1.807, 2.05) is 0 Å². The molecule has 4 nitrogen and oxygen atoms in total. The highest BCUT2D eigenvalue weighted by atomic mass is 16.5. The van der Waals surface area contributed by atoms with E-state index in [4.69, 9.17) is 9.47 Å². The summed E-state index contributed by atoms with van der Waals surface area (Å²) in [6.45, 7) is 2.89. The normalized spacial score (nSPS) is 32.3. The van der Waals surface area contributed by atoms with Crippen molar-refractivity contribution in [3.05, 3.63) is 0 Å². The van der Waals surface area contributed by atoms with Gasteiger partial charge in [0.05, 0.1) is 12.2 Å². The quantitative estimate of drug-likeness (QED) is 0.732. The van der Waals surface area contributed by atoms with Crippen LogP contribution in [0.4, 0.5) is 0 Å². The summed E-state index contributed by atoms with van der Waals surface area (Å²) in [6.07, 6.45) is 7.62. The zero-order chi connectivity index (χ0) is 12.9. The molecule has 1 saturated heterocycles. The lowest BCUT2D eigenvalue weighted by molar-refractivity contribution is -0.0249. The average molecular weight is 257 g/mol. The van der Waals surface area contributed by atoms with Gasteiger partial charge in [-0.3, -0.25) is 0 Å². The lowest BCUT2D eigenvalue weighted by Crippen LogP contribution is -2.48. The van der Waals surface area contributed by atoms with Crippen LogP contribution in [0.25, 0.3) is 0 Å². The second-order valence-corrected chi connectivity index (χ2v) is 5.93. The molecule has 106 valence electrons. The lowest BCUT2D eigenvalue weighted by atomic mass is 9.94. The Hall–Kier alpha value is -0.160. The van der Waals surface area contributed by atoms with Crippen molar-refractivity contribution in [2.45, 2.75) is 56.1 Å². The van der Waals surface area contributed by atoms with Crippen LogP contribution >= 0.6 is 0 Å². The van der Waals surface area contributed by atoms with Crippen molar-refractivity contribution in [1.29, 1.82) is 0 Å². The van der Waals surface area contributed by atoms with E-state index in [0.29, 0.717) is 13.2 Å². The van der Waals surface area contributed by atoms with Crippen molar-refractivity contribution in [1.82, 2.24) is 5.32 Å². The van der Waals surface area contributed by atoms with Crippen molar-refractivity contribution in [2.75, 3.05) is 33.4 Å². The van der Waals surface area contributed by atoms with Gasteiger partial charge >= 0.3 is 0 Å². The molecular formula is C14H27NO3. The van der Waals surface area contributed by atoms with Crippen LogP contribution in [-0.4, -0.2) is 49.7 Å². The first-order valence-electron chi connectivity index (χ1n) is 7.24. The largest absolute Gasteiger partial charge is 0.389 e. The Labute approximate surface area is 110 Å². The molecule has 0 aromatic rings. The maximum Gasteiger partial charge on any atom is 0.106 e. The van der Waals surface area contributed by atoms with E-state index in [2.05, 4.69) is 5.32 Å². The summed E-state index contributed by atoms with van der Waals surface area (Å²) in [5.74, 6) is 0. The smallest absolute Gasteiger partial charge is 0.106 e. The maximum absolute atomic E-state index is 10.5. The molecule has 1 unspecified atom stereocenters. The molecule has 2 N–H and O–H groups in total. The Kier molecular flexibility index (Phi) is 5.01. The molecular weight excluding hydrogens is 230 g/mol. The third-order valence-corrected chi connectivity index (χ3v) is 4.44. The van der Waals surface area contributed by atoms with Crippen molar-refractivity contribution >= 4 is 0 Å². The van der Waals surface area contributed by atoms with Gasteiger partial charge in [0.25, 0.3) is 0 Å². The molecule has 0 aromatic carbocycles. The van der Waals surface area contributed by atoms with Gasteiger partial charge in [-0.2, -0.15) is 0 Å². The highest BCUT2D eigenvalue weighted by molar-refractivity contribution is 4.89. The molecule has 2 aliphatic rings. The predicted molar refractivity (Wildman–Crippen MR) is 70.7 cm³/mol. The van der Waals surface area contributed by atoms with Crippen LogP contribution in [0.1, 0.15) is 44.9 Å². The fourth-order valence-electron chi connectivity index (χ4n) is 3.05. The summed E-state index contributed by atoms with van der Waals surface area (Å²) >= 11 is 0. The molecule has 2 rings (SSSR count). The van der Waals surface area contributed by atoms with Crippen molar-refractivity contribution in [3.63, 3.8) is 0 Å². The lowest BCUT2D eigenvalue weighted by Gasteiger charge is -2.31. The molecule has 4 heteroatoms. The summed E-state index contributed by atoms with van der Waals surface area (Å²) in [7, 11) is 1.75. The summed E-state index contributed by atoms with van der Waals surface area (Å²) < 4.78 is 11.0. The van der Waals surface area contributed by atoms with Gasteiger partial charge in [0, 0.05) is 33.2 Å². The minimum atomic E-state index is -0.509. The monoisotopic (exact) mass is 257 g/mol. The van der Waals surface area contributed by atoms with Crippen LogP contribution in [0.2, 0.25) is 0 Å². The molecule has 0 aromatic heterocycles. The van der Waals surface area contributed by atoms with E-state index >= 15 is 0 Å². The zero-order valence-electron chi connectivity index (χ0n) is 11.5. The highest BCUT2D eigenvalue weighted by Gasteiger charge is 2.35. The van der Waals surface area contributed by atoms with E-state index in [1.54, 1.807) is 7.11 Å². The van der Waals surface area contributed by atoms with Crippen LogP contribution in [0.3, 0.4) is 0 Å². The van der Waals surface area contributed by atoms with E-state index in [1.165, 1.54) is 12.8 Å². The van der Waals surface area contributed by atoms with Crippen LogP contribution in [0, 0.1) is 0 Å². The van der Waals surface area contributed by atoms with Crippen molar-refractivity contribution in [3.8, 4) is 0 Å². The van der Waals surface area contributed by atoms with Gasteiger partial charge < -0.3 is 19.9 Å². The molecule has 1 aliphatic carbocycles. The maximum atomic E-state index is 10.5. The summed E-state index contributed by atoms with van der Waals surface area (Å²) in [5.41, 5.74) is -0.689. The summed E-state index contributed by atoms with van der Waals surface area (Å²) in [5, 5.41) is 13.9. The zero-order valence-corrected chi connectivity index (χ0v) is 11.5. The number of nitrogens with one attached hydrogen (secondary N) is 1. The van der Waals surface area contributed by atoms with Gasteiger partial charge in [-0.1, -0.05) is 25.7 Å². The van der Waals surface area contributed by atoms with Gasteiger partial charge in [-0.25, -0.2) is 0 Å². The van der Waals surface area contributed by atoms with E-state index in [-0.39, 0.29) is 5.60 Å². The fraction of sp³-hybridized carbons (Fsp3) is 1.00. The number of aliphatic hydroxyl groups is 1. The second-order valence-electron chi connectivity index (χ2n) is 5.93. The molecule has 1 heterocycles. The Morgan fingerprint density at radius 1 is 1.11 bits per heavy atom. The number of methoxy groups -OCH3 is 1. The summed E-state index contributed by atoms with van der Waals surface area (Å²) in [4.78, 5) is 0. The van der Waals surface area contributed by atoms with Gasteiger partial charge in [0.2, 0.25) is 0 Å². The molecule has 1 saturated carbocycles. The molecule has 2 fully saturated rings. The Bertz CT molecular complexity index is 243. The molecule has 0 radical (unpaired) electrons. The van der Waals surface area contributed by atoms with Gasteiger partial charge in [0.1, 0.15) is 5.60 Å². The van der Waals surface area contributed by atoms with Crippen LogP contribution < -0.4 is 5.32 Å². The Balaban J connectivity index is 1.76. The molecule has 0 amide bonds. The minimum absolute atomic E-state index is 0.179. The van der Waals surface area contributed by atoms with Gasteiger partial charge in [-0.15, -0.1) is 0 Å². The summed E-state index contributed by atoms with van der Waals surface area (Å²) in [6, 6.07) is 0. The number of rotatable bonds is 5. The van der Waals surface area contributed by atoms with Crippen molar-refractivity contribution < 1.29 is 14.6 Å². The predicted octanol–water partition coefficient (Wildman–Crippen LogP) is 1.47. The topological polar surface area (TPSA) is 50.7 Å². The SMILES string of the molecule is COC1(CNCC2(O)CCCCCC2)CCOC1. The fourth-order valence-corrected chi connectivity index (χ4v) is 3.05. The van der Waals surface area contributed by atoms with E-state index in [9.17, 15) is 5.11 Å². The first-order chi connectivity index (χ1) is 8.68. The average Bonchev–Trinajstić information content (AvgIpc) is 2.73. The Morgan fingerprint density at radius 2 is 1.83 bits per heavy atom. The molecule has 1 atom stereocenters. The number of hydrogen-bond acceptors (Lipinski definition) is 4. The van der Waals surface area contributed by atoms with Crippen LogP contribution in [0.15, 0.2) is 0 Å². The van der Waals surface area contributed by atoms with Crippen molar-refractivity contribution in [2.24, 2.45) is 0 Å². The highest BCUT2D eigenvalue weighted by Crippen LogP contribution is 2.27. The second kappa shape index (κ2) is 6.33. The molecule has 1 aliphatic heterocycles. The van der Waals surface area contributed by atoms with Crippen LogP contribution in [-0.2, 0) is 9.47 Å². The number of hydrogen-bond donors (Lipinski definition) is 2. The molecule has 0 spiro atoms. The Morgan fingerprint density at radius 3 is 2.39 bits per heavy atom. The third kappa shape index (κ3) is 3.67. The number of ether oxygens (including phenoxy) is 2. The minimum Gasteiger partial charge on any atom is -0.389 e. The van der Waals surface area contributed by atoms with Crippen LogP contribution in [0.5, 0.6) is 0 Å². The van der Waals surface area contributed by atoms with Gasteiger partial charge in [0.15, 0.2) is 0 Å². The first-order valence-corrected chi connectivity index (χ1v) is 7.24. The molecule has 0 bridgehead atoms. The van der Waals surface area contributed by atoms with E-state index < -0.39 is 5.60 Å². The standard InChI is InChI=1S/C14H27NO3/c1-17-14(8-9-18-12-14)11-15-10-13(16)6-4-2-3-5-7-13/h15-16H,2-12H2,1H3. The third-order valence-electron chi connectivity index (χ3n) is 4.44.